The zero-order chi connectivity index (χ0) is 10.5. The molecule has 0 bridgehead atoms. The second-order valence-corrected chi connectivity index (χ2v) is 4.99. The molecule has 0 aromatic heterocycles. The molecule has 0 amide bonds. The number of anilines is 1. The number of para-hydroxylation sites is 1. The van der Waals surface area contributed by atoms with Crippen LogP contribution in [0.25, 0.3) is 0 Å². The van der Waals surface area contributed by atoms with E-state index in [0.29, 0.717) is 6.17 Å². The van der Waals surface area contributed by atoms with Gasteiger partial charge in [0.15, 0.2) is 0 Å². The first-order valence-corrected chi connectivity index (χ1v) is 6.27. The molecule has 0 N–H and O–H groups in total. The Morgan fingerprint density at radius 1 is 1.12 bits per heavy atom. The summed E-state index contributed by atoms with van der Waals surface area (Å²) in [5.74, 6) is 0. The number of benzene rings is 1. The Labute approximate surface area is 96.2 Å². The van der Waals surface area contributed by atoms with Crippen LogP contribution in [0, 0.1) is 0 Å². The van der Waals surface area contributed by atoms with E-state index in [-0.39, 0.29) is 0 Å². The number of allylic oxidation sites excluding steroid dienone is 1. The molecule has 2 nitrogen and oxygen atoms in total. The van der Waals surface area contributed by atoms with Gasteiger partial charge in [-0.15, -0.1) is 0 Å². The van der Waals surface area contributed by atoms with Crippen LogP contribution in [0.3, 0.4) is 0 Å². The predicted molar refractivity (Wildman–Crippen MR) is 65.1 cm³/mol. The van der Waals surface area contributed by atoms with E-state index in [9.17, 15) is 0 Å². The topological polar surface area (TPSA) is 6.48 Å². The molecule has 3 aliphatic heterocycles. The van der Waals surface area contributed by atoms with E-state index in [4.69, 9.17) is 0 Å². The van der Waals surface area contributed by atoms with E-state index >= 15 is 0 Å². The number of rotatable bonds is 0. The molecule has 4 rings (SSSR count). The number of fused-ring (bicyclic) bond motifs is 5. The summed E-state index contributed by atoms with van der Waals surface area (Å²) in [5, 5.41) is 0. The molecule has 1 aromatic rings. The maximum atomic E-state index is 2.61. The van der Waals surface area contributed by atoms with Gasteiger partial charge in [0.2, 0.25) is 0 Å². The van der Waals surface area contributed by atoms with E-state index in [1.165, 1.54) is 43.5 Å². The molecule has 0 aliphatic carbocycles. The molecule has 3 heterocycles. The van der Waals surface area contributed by atoms with Crippen LogP contribution in [0.15, 0.2) is 36.2 Å². The molecule has 0 radical (unpaired) electrons. The molecule has 82 valence electrons. The molecular weight excluding hydrogens is 196 g/mol. The lowest BCUT2D eigenvalue weighted by Crippen LogP contribution is -2.39. The fraction of sp³-hybridized carbons (Fsp3) is 0.429. The van der Waals surface area contributed by atoms with Crippen LogP contribution < -0.4 is 4.90 Å². The van der Waals surface area contributed by atoms with Gasteiger partial charge in [0.25, 0.3) is 0 Å². The fourth-order valence-electron chi connectivity index (χ4n) is 3.32. The molecule has 0 saturated carbocycles. The Morgan fingerprint density at radius 3 is 3.06 bits per heavy atom. The summed E-state index contributed by atoms with van der Waals surface area (Å²) in [4.78, 5) is 5.10. The Balaban J connectivity index is 1.78. The van der Waals surface area contributed by atoms with Gasteiger partial charge < -0.3 is 9.80 Å². The maximum absolute atomic E-state index is 2.61. The van der Waals surface area contributed by atoms with E-state index in [2.05, 4.69) is 40.3 Å². The van der Waals surface area contributed by atoms with Crippen LogP contribution >= 0.6 is 0 Å². The smallest absolute Gasteiger partial charge is 0.110 e. The number of hydrogen-bond donors (Lipinski definition) is 0. The number of hydrogen-bond acceptors (Lipinski definition) is 2. The molecule has 1 fully saturated rings. The molecule has 2 heteroatoms. The zero-order valence-corrected chi connectivity index (χ0v) is 9.39. The highest BCUT2D eigenvalue weighted by atomic mass is 15.4. The second kappa shape index (κ2) is 3.03. The summed E-state index contributed by atoms with van der Waals surface area (Å²) in [7, 11) is 0. The van der Waals surface area contributed by atoms with Crippen molar-refractivity contribution in [3.05, 3.63) is 41.7 Å². The van der Waals surface area contributed by atoms with Gasteiger partial charge in [0.05, 0.1) is 0 Å². The van der Waals surface area contributed by atoms with E-state index in [0.717, 1.165) is 0 Å². The first-order chi connectivity index (χ1) is 7.93. The SMILES string of the molecule is C1=C2CCCCN2C2Cc3ccccc3N12. The highest BCUT2D eigenvalue weighted by Crippen LogP contribution is 2.41. The van der Waals surface area contributed by atoms with Gasteiger partial charge in [0.1, 0.15) is 6.17 Å². The third-order valence-corrected chi connectivity index (χ3v) is 4.09. The van der Waals surface area contributed by atoms with Crippen molar-refractivity contribution in [3.63, 3.8) is 0 Å². The van der Waals surface area contributed by atoms with Gasteiger partial charge >= 0.3 is 0 Å². The second-order valence-electron chi connectivity index (χ2n) is 4.99. The lowest BCUT2D eigenvalue weighted by atomic mass is 10.1. The average Bonchev–Trinajstić information content (AvgIpc) is 2.85. The van der Waals surface area contributed by atoms with E-state index in [1.807, 2.05) is 0 Å². The highest BCUT2D eigenvalue weighted by molar-refractivity contribution is 5.63. The molecule has 0 spiro atoms. The van der Waals surface area contributed by atoms with Crippen LogP contribution in [-0.4, -0.2) is 17.6 Å². The lowest BCUT2D eigenvalue weighted by molar-refractivity contribution is 0.245. The van der Waals surface area contributed by atoms with Crippen LogP contribution in [-0.2, 0) is 6.42 Å². The van der Waals surface area contributed by atoms with Gasteiger partial charge in [-0.3, -0.25) is 0 Å². The Bertz CT molecular complexity index is 464. The molecule has 1 aromatic carbocycles. The van der Waals surface area contributed by atoms with Gasteiger partial charge in [-0.2, -0.15) is 0 Å². The van der Waals surface area contributed by atoms with Crippen molar-refractivity contribution in [2.24, 2.45) is 0 Å². The lowest BCUT2D eigenvalue weighted by Gasteiger charge is -2.32. The monoisotopic (exact) mass is 212 g/mol. The molecular formula is C14H16N2. The van der Waals surface area contributed by atoms with E-state index in [1.54, 1.807) is 5.70 Å². The number of nitrogens with zero attached hydrogens (tertiary/aromatic N) is 2. The van der Waals surface area contributed by atoms with Gasteiger partial charge in [0, 0.05) is 30.5 Å². The minimum atomic E-state index is 0.590. The first kappa shape index (κ1) is 8.68. The first-order valence-electron chi connectivity index (χ1n) is 6.27. The summed E-state index contributed by atoms with van der Waals surface area (Å²) in [6.45, 7) is 1.25. The van der Waals surface area contributed by atoms with Gasteiger partial charge in [-0.25, -0.2) is 0 Å². The third kappa shape index (κ3) is 1.02. The van der Waals surface area contributed by atoms with Crippen molar-refractivity contribution in [2.75, 3.05) is 11.4 Å². The average molecular weight is 212 g/mol. The quantitative estimate of drug-likeness (QED) is 0.652. The fourth-order valence-corrected chi connectivity index (χ4v) is 3.32. The molecule has 3 aliphatic rings. The molecule has 1 unspecified atom stereocenters. The van der Waals surface area contributed by atoms with Crippen molar-refractivity contribution >= 4 is 5.69 Å². The Kier molecular flexibility index (Phi) is 1.65. The molecule has 16 heavy (non-hydrogen) atoms. The summed E-state index contributed by atoms with van der Waals surface area (Å²) in [5.41, 5.74) is 4.49. The minimum Gasteiger partial charge on any atom is -0.353 e. The van der Waals surface area contributed by atoms with Crippen molar-refractivity contribution in [1.29, 1.82) is 0 Å². The Morgan fingerprint density at radius 2 is 2.06 bits per heavy atom. The summed E-state index contributed by atoms with van der Waals surface area (Å²) in [6, 6.07) is 8.83. The van der Waals surface area contributed by atoms with Crippen LogP contribution in [0.4, 0.5) is 5.69 Å². The van der Waals surface area contributed by atoms with Crippen molar-refractivity contribution in [1.82, 2.24) is 4.90 Å². The summed E-state index contributed by atoms with van der Waals surface area (Å²) >= 11 is 0. The van der Waals surface area contributed by atoms with Crippen LogP contribution in [0.1, 0.15) is 24.8 Å². The largest absolute Gasteiger partial charge is 0.353 e. The minimum absolute atomic E-state index is 0.590. The van der Waals surface area contributed by atoms with Gasteiger partial charge in [-0.1, -0.05) is 18.2 Å². The molecule has 1 saturated heterocycles. The van der Waals surface area contributed by atoms with Crippen molar-refractivity contribution in [2.45, 2.75) is 31.8 Å². The highest BCUT2D eigenvalue weighted by Gasteiger charge is 2.38. The molecule has 1 atom stereocenters. The number of piperidine rings is 1. The summed E-state index contributed by atoms with van der Waals surface area (Å²) < 4.78 is 0. The normalized spacial score (nSPS) is 26.2. The van der Waals surface area contributed by atoms with E-state index < -0.39 is 0 Å². The standard InChI is InChI=1S/C14H16N2/c1-2-7-13-11(5-1)9-14-15-8-4-3-6-12(15)10-16(13)14/h1-2,5,7,10,14H,3-4,6,8-9H2. The van der Waals surface area contributed by atoms with Crippen molar-refractivity contribution in [3.8, 4) is 0 Å². The van der Waals surface area contributed by atoms with Crippen LogP contribution in [0.5, 0.6) is 0 Å². The zero-order valence-electron chi connectivity index (χ0n) is 9.39. The summed E-state index contributed by atoms with van der Waals surface area (Å²) in [6.07, 6.45) is 8.16. The predicted octanol–water partition coefficient (Wildman–Crippen LogP) is 2.72. The maximum Gasteiger partial charge on any atom is 0.110 e. The van der Waals surface area contributed by atoms with Crippen LogP contribution in [0.2, 0.25) is 0 Å². The third-order valence-electron chi connectivity index (χ3n) is 4.09. The van der Waals surface area contributed by atoms with Gasteiger partial charge in [-0.05, 0) is 30.9 Å². The van der Waals surface area contributed by atoms with Crippen molar-refractivity contribution < 1.29 is 0 Å². The Hall–Kier alpha value is -1.44.